The van der Waals surface area contributed by atoms with Gasteiger partial charge in [0.2, 0.25) is 0 Å². The van der Waals surface area contributed by atoms with Crippen molar-refractivity contribution in [2.45, 2.75) is 50.6 Å². The number of likely N-dealkylation sites (N-methyl/N-ethyl adjacent to an activating group) is 1. The van der Waals surface area contributed by atoms with Gasteiger partial charge in [0.05, 0.1) is 0 Å². The molecule has 3 heteroatoms. The van der Waals surface area contributed by atoms with Crippen LogP contribution in [0, 0.1) is 11.8 Å². The van der Waals surface area contributed by atoms with Crippen LogP contribution in [0.2, 0.25) is 0 Å². The molecule has 3 unspecified atom stereocenters. The van der Waals surface area contributed by atoms with E-state index in [9.17, 15) is 0 Å². The van der Waals surface area contributed by atoms with Gasteiger partial charge in [0, 0.05) is 18.6 Å². The molecule has 3 atom stereocenters. The second kappa shape index (κ2) is 5.48. The zero-order valence-electron chi connectivity index (χ0n) is 11.9. The summed E-state index contributed by atoms with van der Waals surface area (Å²) in [5.74, 6) is 1.71. The van der Waals surface area contributed by atoms with Crippen LogP contribution < -0.4 is 5.73 Å². The maximum Gasteiger partial charge on any atom is 0.0252 e. The fourth-order valence-corrected chi connectivity index (χ4v) is 4.64. The highest BCUT2D eigenvalue weighted by Crippen LogP contribution is 2.35. The summed E-state index contributed by atoms with van der Waals surface area (Å²) in [5, 5.41) is 0. The highest BCUT2D eigenvalue weighted by atomic mass is 15.3. The molecule has 0 amide bonds. The van der Waals surface area contributed by atoms with Gasteiger partial charge in [-0.15, -0.1) is 0 Å². The molecule has 18 heavy (non-hydrogen) atoms. The normalized spacial score (nSPS) is 44.5. The fraction of sp³-hybridized carbons (Fsp3) is 1.00. The van der Waals surface area contributed by atoms with Gasteiger partial charge in [-0.05, 0) is 64.2 Å². The molecule has 3 nitrogen and oxygen atoms in total. The first kappa shape index (κ1) is 12.9. The Bertz CT molecular complexity index is 266. The summed E-state index contributed by atoms with van der Waals surface area (Å²) in [4.78, 5) is 5.40. The minimum absolute atomic E-state index is 0.749. The van der Waals surface area contributed by atoms with Gasteiger partial charge in [0.25, 0.3) is 0 Å². The standard InChI is InChI=1S/C15H29N3/c1-17(14-5-3-2-4-13(14)10-16)15-11-18-8-6-12(15)7-9-18/h12-15H,2-11,16H2,1H3. The van der Waals surface area contributed by atoms with Crippen LogP contribution in [0.15, 0.2) is 0 Å². The van der Waals surface area contributed by atoms with Crippen LogP contribution in [0.5, 0.6) is 0 Å². The molecule has 3 saturated heterocycles. The SMILES string of the molecule is CN(C1CCCCC1CN)C1CN2CCC1CC2. The number of hydrogen-bond donors (Lipinski definition) is 1. The monoisotopic (exact) mass is 251 g/mol. The summed E-state index contributed by atoms with van der Waals surface area (Å²) in [6.45, 7) is 4.89. The molecule has 0 aromatic carbocycles. The molecule has 2 bridgehead atoms. The molecule has 104 valence electrons. The van der Waals surface area contributed by atoms with Gasteiger partial charge in [-0.3, -0.25) is 4.90 Å². The molecule has 3 aliphatic heterocycles. The Kier molecular flexibility index (Phi) is 3.92. The van der Waals surface area contributed by atoms with Crippen molar-refractivity contribution < 1.29 is 0 Å². The van der Waals surface area contributed by atoms with Crippen LogP contribution in [0.4, 0.5) is 0 Å². The van der Waals surface area contributed by atoms with Gasteiger partial charge in [0.1, 0.15) is 0 Å². The van der Waals surface area contributed by atoms with Crippen LogP contribution >= 0.6 is 0 Å². The first-order chi connectivity index (χ1) is 8.79. The molecular weight excluding hydrogens is 222 g/mol. The van der Waals surface area contributed by atoms with Crippen molar-refractivity contribution >= 4 is 0 Å². The molecule has 1 aliphatic carbocycles. The Morgan fingerprint density at radius 2 is 1.78 bits per heavy atom. The molecule has 4 aliphatic rings. The number of rotatable bonds is 3. The number of nitrogens with two attached hydrogens (primary N) is 1. The second-order valence-electron chi connectivity index (χ2n) is 6.72. The molecule has 1 saturated carbocycles. The van der Waals surface area contributed by atoms with E-state index in [0.29, 0.717) is 0 Å². The lowest BCUT2D eigenvalue weighted by Gasteiger charge is -2.51. The van der Waals surface area contributed by atoms with Gasteiger partial charge in [-0.25, -0.2) is 0 Å². The average molecular weight is 251 g/mol. The zero-order chi connectivity index (χ0) is 12.5. The quantitative estimate of drug-likeness (QED) is 0.825. The van der Waals surface area contributed by atoms with Crippen molar-refractivity contribution in [1.82, 2.24) is 9.80 Å². The summed E-state index contributed by atoms with van der Waals surface area (Å²) in [5.41, 5.74) is 6.00. The van der Waals surface area contributed by atoms with Gasteiger partial charge in [-0.2, -0.15) is 0 Å². The Balaban J connectivity index is 1.67. The third-order valence-corrected chi connectivity index (χ3v) is 5.84. The van der Waals surface area contributed by atoms with Crippen LogP contribution in [0.25, 0.3) is 0 Å². The largest absolute Gasteiger partial charge is 0.330 e. The Hall–Kier alpha value is -0.120. The van der Waals surface area contributed by atoms with Gasteiger partial charge < -0.3 is 10.6 Å². The molecule has 4 fully saturated rings. The van der Waals surface area contributed by atoms with Gasteiger partial charge in [0.15, 0.2) is 0 Å². The van der Waals surface area contributed by atoms with Crippen molar-refractivity contribution in [3.63, 3.8) is 0 Å². The van der Waals surface area contributed by atoms with E-state index < -0.39 is 0 Å². The maximum atomic E-state index is 6.00. The molecule has 0 aromatic heterocycles. The summed E-state index contributed by atoms with van der Waals surface area (Å²) >= 11 is 0. The maximum absolute atomic E-state index is 6.00. The zero-order valence-corrected chi connectivity index (χ0v) is 11.9. The Morgan fingerprint density at radius 1 is 1.06 bits per heavy atom. The van der Waals surface area contributed by atoms with E-state index >= 15 is 0 Å². The van der Waals surface area contributed by atoms with Crippen LogP contribution in [0.1, 0.15) is 38.5 Å². The number of piperidine rings is 3. The third-order valence-electron chi connectivity index (χ3n) is 5.84. The predicted molar refractivity (Wildman–Crippen MR) is 75.5 cm³/mol. The van der Waals surface area contributed by atoms with Crippen molar-refractivity contribution in [2.75, 3.05) is 33.2 Å². The van der Waals surface area contributed by atoms with Gasteiger partial charge in [-0.1, -0.05) is 12.8 Å². The lowest BCUT2D eigenvalue weighted by atomic mass is 9.79. The Morgan fingerprint density at radius 3 is 2.39 bits per heavy atom. The summed E-state index contributed by atoms with van der Waals surface area (Å²) in [6.07, 6.45) is 8.39. The Labute approximate surface area is 112 Å². The lowest BCUT2D eigenvalue weighted by molar-refractivity contribution is -0.0201. The van der Waals surface area contributed by atoms with E-state index in [1.807, 2.05) is 0 Å². The first-order valence-electron chi connectivity index (χ1n) is 7.94. The molecule has 0 spiro atoms. The highest BCUT2D eigenvalue weighted by Gasteiger charge is 2.40. The van der Waals surface area contributed by atoms with Gasteiger partial charge >= 0.3 is 0 Å². The minimum Gasteiger partial charge on any atom is -0.330 e. The van der Waals surface area contributed by atoms with E-state index in [4.69, 9.17) is 5.73 Å². The highest BCUT2D eigenvalue weighted by molar-refractivity contribution is 4.95. The van der Waals surface area contributed by atoms with Crippen molar-refractivity contribution in [3.05, 3.63) is 0 Å². The smallest absolute Gasteiger partial charge is 0.0252 e. The number of fused-ring (bicyclic) bond motifs is 3. The van der Waals surface area contributed by atoms with Crippen LogP contribution in [0.3, 0.4) is 0 Å². The van der Waals surface area contributed by atoms with Crippen molar-refractivity contribution in [1.29, 1.82) is 0 Å². The predicted octanol–water partition coefficient (Wildman–Crippen LogP) is 1.53. The molecule has 3 heterocycles. The van der Waals surface area contributed by atoms with Crippen LogP contribution in [-0.2, 0) is 0 Å². The fourth-order valence-electron chi connectivity index (χ4n) is 4.64. The van der Waals surface area contributed by atoms with E-state index in [2.05, 4.69) is 16.8 Å². The first-order valence-corrected chi connectivity index (χ1v) is 7.94. The average Bonchev–Trinajstić information content (AvgIpc) is 2.47. The van der Waals surface area contributed by atoms with E-state index in [-0.39, 0.29) is 0 Å². The van der Waals surface area contributed by atoms with Crippen LogP contribution in [-0.4, -0.2) is 55.1 Å². The topological polar surface area (TPSA) is 32.5 Å². The number of hydrogen-bond acceptors (Lipinski definition) is 3. The van der Waals surface area contributed by atoms with E-state index in [1.165, 1.54) is 58.2 Å². The number of nitrogens with zero attached hydrogens (tertiary/aromatic N) is 2. The third kappa shape index (κ3) is 2.33. The summed E-state index contributed by atoms with van der Waals surface area (Å²) in [7, 11) is 2.38. The molecule has 0 aromatic rings. The van der Waals surface area contributed by atoms with E-state index in [1.54, 1.807) is 0 Å². The molecule has 0 radical (unpaired) electrons. The molecule has 2 N–H and O–H groups in total. The van der Waals surface area contributed by atoms with Crippen molar-refractivity contribution in [2.24, 2.45) is 17.6 Å². The van der Waals surface area contributed by atoms with Crippen molar-refractivity contribution in [3.8, 4) is 0 Å². The minimum atomic E-state index is 0.749. The second-order valence-corrected chi connectivity index (χ2v) is 6.72. The lowest BCUT2D eigenvalue weighted by Crippen LogP contribution is -2.60. The summed E-state index contributed by atoms with van der Waals surface area (Å²) in [6, 6.07) is 1.57. The molecule has 4 rings (SSSR count). The molecular formula is C15H29N3. The summed E-state index contributed by atoms with van der Waals surface area (Å²) < 4.78 is 0. The van der Waals surface area contributed by atoms with E-state index in [0.717, 1.165) is 30.5 Å².